The Morgan fingerprint density at radius 1 is 1.42 bits per heavy atom. The molecule has 1 aromatic rings. The van der Waals surface area contributed by atoms with Crippen LogP contribution in [-0.2, 0) is 4.79 Å². The van der Waals surface area contributed by atoms with E-state index >= 15 is 0 Å². The van der Waals surface area contributed by atoms with Crippen molar-refractivity contribution in [2.24, 2.45) is 0 Å². The number of benzene rings is 1. The number of nitro groups is 1. The molecule has 0 radical (unpaired) electrons. The lowest BCUT2D eigenvalue weighted by atomic mass is 9.99. The first-order chi connectivity index (χ1) is 11.4. The van der Waals surface area contributed by atoms with Crippen molar-refractivity contribution in [2.75, 3.05) is 6.54 Å². The highest BCUT2D eigenvalue weighted by Crippen LogP contribution is 2.20. The molecule has 0 bridgehead atoms. The molecule has 7 heteroatoms. The predicted molar refractivity (Wildman–Crippen MR) is 89.7 cm³/mol. The van der Waals surface area contributed by atoms with Crippen molar-refractivity contribution < 1.29 is 14.5 Å². The Morgan fingerprint density at radius 2 is 2.17 bits per heavy atom. The maximum absolute atomic E-state index is 12.6. The number of piperidine rings is 1. The molecule has 1 aliphatic rings. The van der Waals surface area contributed by atoms with E-state index in [1.54, 1.807) is 6.92 Å². The van der Waals surface area contributed by atoms with E-state index in [1.807, 2.05) is 4.90 Å². The minimum absolute atomic E-state index is 0.0969. The Bertz CT molecular complexity index is 632. The molecule has 24 heavy (non-hydrogen) atoms. The summed E-state index contributed by atoms with van der Waals surface area (Å²) in [5, 5.41) is 13.4. The van der Waals surface area contributed by atoms with Crippen molar-refractivity contribution in [1.82, 2.24) is 10.2 Å². The van der Waals surface area contributed by atoms with Crippen molar-refractivity contribution in [3.05, 3.63) is 39.9 Å². The molecular weight excluding hydrogens is 310 g/mol. The number of nitrogens with one attached hydrogen (secondary N) is 1. The van der Waals surface area contributed by atoms with Gasteiger partial charge in [0.2, 0.25) is 5.91 Å². The van der Waals surface area contributed by atoms with Crippen LogP contribution in [0.4, 0.5) is 5.69 Å². The van der Waals surface area contributed by atoms with Gasteiger partial charge in [-0.15, -0.1) is 0 Å². The van der Waals surface area contributed by atoms with Gasteiger partial charge in [0.25, 0.3) is 11.6 Å². The monoisotopic (exact) mass is 333 g/mol. The van der Waals surface area contributed by atoms with Crippen LogP contribution in [0.5, 0.6) is 0 Å². The molecular formula is C17H23N3O4. The van der Waals surface area contributed by atoms with Crippen LogP contribution in [-0.4, -0.2) is 40.3 Å². The SMILES string of the molecule is CCC1CCCCN1C(=O)C(C)NC(=O)c1cccc([N+](=O)[O-])c1. The highest BCUT2D eigenvalue weighted by molar-refractivity contribution is 5.97. The number of likely N-dealkylation sites (tertiary alicyclic amines) is 1. The summed E-state index contributed by atoms with van der Waals surface area (Å²) < 4.78 is 0. The summed E-state index contributed by atoms with van der Waals surface area (Å²) in [6.45, 7) is 4.43. The molecule has 0 aromatic heterocycles. The van der Waals surface area contributed by atoms with Gasteiger partial charge in [0.15, 0.2) is 0 Å². The van der Waals surface area contributed by atoms with Crippen LogP contribution in [0, 0.1) is 10.1 Å². The van der Waals surface area contributed by atoms with Crippen LogP contribution in [0.15, 0.2) is 24.3 Å². The molecule has 2 amide bonds. The molecule has 0 aliphatic carbocycles. The number of rotatable bonds is 5. The zero-order valence-corrected chi connectivity index (χ0v) is 14.0. The molecule has 130 valence electrons. The molecule has 1 heterocycles. The second-order valence-electron chi connectivity index (χ2n) is 6.09. The van der Waals surface area contributed by atoms with Crippen LogP contribution >= 0.6 is 0 Å². The van der Waals surface area contributed by atoms with Crippen molar-refractivity contribution in [3.8, 4) is 0 Å². The first-order valence-electron chi connectivity index (χ1n) is 8.29. The number of hydrogen-bond acceptors (Lipinski definition) is 4. The van der Waals surface area contributed by atoms with Crippen LogP contribution in [0.3, 0.4) is 0 Å². The Hall–Kier alpha value is -2.44. The molecule has 0 spiro atoms. The van der Waals surface area contributed by atoms with Crippen LogP contribution < -0.4 is 5.32 Å². The van der Waals surface area contributed by atoms with Gasteiger partial charge < -0.3 is 10.2 Å². The normalized spacial score (nSPS) is 18.8. The van der Waals surface area contributed by atoms with Crippen LogP contribution in [0.2, 0.25) is 0 Å². The van der Waals surface area contributed by atoms with Crippen molar-refractivity contribution in [2.45, 2.75) is 51.6 Å². The molecule has 1 aliphatic heterocycles. The minimum atomic E-state index is -0.663. The van der Waals surface area contributed by atoms with E-state index in [1.165, 1.54) is 24.3 Å². The van der Waals surface area contributed by atoms with E-state index in [0.717, 1.165) is 25.7 Å². The highest BCUT2D eigenvalue weighted by Gasteiger charge is 2.29. The van der Waals surface area contributed by atoms with Crippen molar-refractivity contribution in [1.29, 1.82) is 0 Å². The molecule has 2 rings (SSSR count). The number of amides is 2. The highest BCUT2D eigenvalue weighted by atomic mass is 16.6. The van der Waals surface area contributed by atoms with E-state index in [-0.39, 0.29) is 23.2 Å². The number of hydrogen-bond donors (Lipinski definition) is 1. The number of carbonyl (C=O) groups is 2. The first kappa shape index (κ1) is 17.9. The Balaban J connectivity index is 2.04. The van der Waals surface area contributed by atoms with Crippen molar-refractivity contribution >= 4 is 17.5 Å². The van der Waals surface area contributed by atoms with Gasteiger partial charge in [-0.1, -0.05) is 13.0 Å². The summed E-state index contributed by atoms with van der Waals surface area (Å²) in [5.41, 5.74) is 0.0262. The predicted octanol–water partition coefficient (Wildman–Crippen LogP) is 2.50. The topological polar surface area (TPSA) is 92.6 Å². The fourth-order valence-corrected chi connectivity index (χ4v) is 3.07. The van der Waals surface area contributed by atoms with Crippen LogP contribution in [0.1, 0.15) is 49.9 Å². The minimum Gasteiger partial charge on any atom is -0.341 e. The quantitative estimate of drug-likeness (QED) is 0.662. The largest absolute Gasteiger partial charge is 0.341 e. The summed E-state index contributed by atoms with van der Waals surface area (Å²) in [7, 11) is 0. The smallest absolute Gasteiger partial charge is 0.270 e. The summed E-state index contributed by atoms with van der Waals surface area (Å²) in [6, 6.07) is 5.05. The van der Waals surface area contributed by atoms with E-state index in [2.05, 4.69) is 12.2 Å². The van der Waals surface area contributed by atoms with Gasteiger partial charge in [-0.3, -0.25) is 19.7 Å². The van der Waals surface area contributed by atoms with E-state index in [0.29, 0.717) is 6.54 Å². The average molecular weight is 333 g/mol. The Kier molecular flexibility index (Phi) is 5.89. The van der Waals surface area contributed by atoms with Crippen LogP contribution in [0.25, 0.3) is 0 Å². The third kappa shape index (κ3) is 4.10. The van der Waals surface area contributed by atoms with Gasteiger partial charge in [-0.05, 0) is 38.7 Å². The van der Waals surface area contributed by atoms with Crippen molar-refractivity contribution in [3.63, 3.8) is 0 Å². The number of non-ortho nitro benzene ring substituents is 1. The van der Waals surface area contributed by atoms with Gasteiger partial charge in [-0.25, -0.2) is 0 Å². The first-order valence-corrected chi connectivity index (χ1v) is 8.29. The Labute approximate surface area is 141 Å². The lowest BCUT2D eigenvalue weighted by molar-refractivity contribution is -0.384. The molecule has 7 nitrogen and oxygen atoms in total. The standard InChI is InChI=1S/C17H23N3O4/c1-3-14-8-4-5-10-19(14)17(22)12(2)18-16(21)13-7-6-9-15(11-13)20(23)24/h6-7,9,11-12,14H,3-5,8,10H2,1-2H3,(H,18,21). The molecule has 1 N–H and O–H groups in total. The summed E-state index contributed by atoms with van der Waals surface area (Å²) in [5.74, 6) is -0.579. The van der Waals surface area contributed by atoms with E-state index in [4.69, 9.17) is 0 Å². The maximum atomic E-state index is 12.6. The Morgan fingerprint density at radius 3 is 2.83 bits per heavy atom. The van der Waals surface area contributed by atoms with Gasteiger partial charge in [-0.2, -0.15) is 0 Å². The second-order valence-corrected chi connectivity index (χ2v) is 6.09. The fourth-order valence-electron chi connectivity index (χ4n) is 3.07. The third-order valence-electron chi connectivity index (χ3n) is 4.42. The lowest BCUT2D eigenvalue weighted by Gasteiger charge is -2.37. The molecule has 1 saturated heterocycles. The average Bonchev–Trinajstić information content (AvgIpc) is 2.60. The lowest BCUT2D eigenvalue weighted by Crippen LogP contribution is -2.52. The second kappa shape index (κ2) is 7.90. The maximum Gasteiger partial charge on any atom is 0.270 e. The molecule has 2 atom stereocenters. The zero-order valence-electron chi connectivity index (χ0n) is 14.0. The van der Waals surface area contributed by atoms with Gasteiger partial charge in [0.05, 0.1) is 4.92 Å². The van der Waals surface area contributed by atoms with Gasteiger partial charge in [0.1, 0.15) is 6.04 Å². The molecule has 1 aromatic carbocycles. The third-order valence-corrected chi connectivity index (χ3v) is 4.42. The van der Waals surface area contributed by atoms with Gasteiger partial charge in [0, 0.05) is 30.3 Å². The fraction of sp³-hybridized carbons (Fsp3) is 0.529. The number of nitro benzene ring substituents is 1. The van der Waals surface area contributed by atoms with E-state index in [9.17, 15) is 19.7 Å². The molecule has 0 saturated carbocycles. The number of nitrogens with zero attached hydrogens (tertiary/aromatic N) is 2. The van der Waals surface area contributed by atoms with E-state index < -0.39 is 16.9 Å². The summed E-state index contributed by atoms with van der Waals surface area (Å²) in [6.07, 6.45) is 4.00. The molecule has 1 fully saturated rings. The summed E-state index contributed by atoms with van der Waals surface area (Å²) in [4.78, 5) is 37.0. The van der Waals surface area contributed by atoms with Gasteiger partial charge >= 0.3 is 0 Å². The summed E-state index contributed by atoms with van der Waals surface area (Å²) >= 11 is 0. The number of carbonyl (C=O) groups excluding carboxylic acids is 2. The molecule has 2 unspecified atom stereocenters. The zero-order chi connectivity index (χ0) is 17.7.